The minimum Gasteiger partial charge on any atom is -0.392 e. The molecule has 0 aromatic carbocycles. The summed E-state index contributed by atoms with van der Waals surface area (Å²) in [6.07, 6.45) is 4.84. The van der Waals surface area contributed by atoms with Crippen molar-refractivity contribution in [2.24, 2.45) is 5.41 Å². The van der Waals surface area contributed by atoms with Crippen LogP contribution in [0.25, 0.3) is 10.6 Å². The SMILES string of the molecule is CCOC1CC(O)C12CCN(Cc1cn[nH]c1-c1cccs1)CC2. The summed E-state index contributed by atoms with van der Waals surface area (Å²) in [5.74, 6) is 0. The summed E-state index contributed by atoms with van der Waals surface area (Å²) in [6, 6.07) is 4.20. The van der Waals surface area contributed by atoms with Crippen LogP contribution in [0.4, 0.5) is 0 Å². The van der Waals surface area contributed by atoms with Crippen molar-refractivity contribution in [2.45, 2.75) is 44.9 Å². The summed E-state index contributed by atoms with van der Waals surface area (Å²) in [5.41, 5.74) is 2.39. The minimum absolute atomic E-state index is 0.000508. The van der Waals surface area contributed by atoms with E-state index >= 15 is 0 Å². The van der Waals surface area contributed by atoms with Crippen molar-refractivity contribution < 1.29 is 9.84 Å². The summed E-state index contributed by atoms with van der Waals surface area (Å²) in [7, 11) is 0. The Bertz CT molecular complexity index is 660. The molecule has 0 radical (unpaired) electrons. The van der Waals surface area contributed by atoms with Crippen LogP contribution < -0.4 is 0 Å². The normalized spacial score (nSPS) is 26.6. The monoisotopic (exact) mass is 347 g/mol. The average Bonchev–Trinajstić information content (AvgIpc) is 3.26. The van der Waals surface area contributed by atoms with Crippen molar-refractivity contribution in [3.8, 4) is 10.6 Å². The largest absolute Gasteiger partial charge is 0.392 e. The highest BCUT2D eigenvalue weighted by Gasteiger charge is 2.55. The number of hydrogen-bond acceptors (Lipinski definition) is 5. The first-order chi connectivity index (χ1) is 11.7. The highest BCUT2D eigenvalue weighted by atomic mass is 32.1. The average molecular weight is 347 g/mol. The molecule has 2 aromatic rings. The number of nitrogens with one attached hydrogen (secondary N) is 1. The molecule has 1 saturated carbocycles. The third-order valence-electron chi connectivity index (χ3n) is 5.78. The number of H-pyrrole nitrogens is 1. The first kappa shape index (κ1) is 16.3. The van der Waals surface area contributed by atoms with Crippen LogP contribution in [0, 0.1) is 5.41 Å². The molecule has 1 aliphatic carbocycles. The Morgan fingerprint density at radius 3 is 2.96 bits per heavy atom. The van der Waals surface area contributed by atoms with E-state index in [2.05, 4.69) is 32.6 Å². The lowest BCUT2D eigenvalue weighted by molar-refractivity contribution is -0.209. The Morgan fingerprint density at radius 1 is 1.46 bits per heavy atom. The van der Waals surface area contributed by atoms with E-state index in [4.69, 9.17) is 4.74 Å². The van der Waals surface area contributed by atoms with Gasteiger partial charge in [-0.3, -0.25) is 10.00 Å². The lowest BCUT2D eigenvalue weighted by atomic mass is 9.58. The van der Waals surface area contributed by atoms with Gasteiger partial charge in [-0.05, 0) is 44.3 Å². The fraction of sp³-hybridized carbons (Fsp3) is 0.611. The Balaban J connectivity index is 1.40. The Kier molecular flexibility index (Phi) is 4.47. The summed E-state index contributed by atoms with van der Waals surface area (Å²) in [4.78, 5) is 3.71. The van der Waals surface area contributed by atoms with Crippen LogP contribution in [0.15, 0.2) is 23.7 Å². The Labute approximate surface area is 146 Å². The first-order valence-corrected chi connectivity index (χ1v) is 9.69. The van der Waals surface area contributed by atoms with Crippen molar-refractivity contribution in [1.82, 2.24) is 15.1 Å². The molecule has 0 amide bonds. The standard InChI is InChI=1S/C18H25N3O2S/c1-2-23-16-10-15(22)18(16)5-7-21(8-6-18)12-13-11-19-20-17(13)14-4-3-9-24-14/h3-4,9,11,15-16,22H,2,5-8,10,12H2,1H3,(H,19,20). The predicted octanol–water partition coefficient (Wildman–Crippen LogP) is 2.89. The molecule has 1 aliphatic heterocycles. The number of ether oxygens (including phenoxy) is 1. The molecule has 2 aliphatic rings. The number of piperidine rings is 1. The number of rotatable bonds is 5. The summed E-state index contributed by atoms with van der Waals surface area (Å²) >= 11 is 1.74. The van der Waals surface area contributed by atoms with Crippen LogP contribution in [-0.4, -0.2) is 52.1 Å². The van der Waals surface area contributed by atoms with E-state index in [0.717, 1.165) is 51.2 Å². The fourth-order valence-electron chi connectivity index (χ4n) is 4.25. The zero-order chi connectivity index (χ0) is 16.6. The molecule has 3 heterocycles. The van der Waals surface area contributed by atoms with Gasteiger partial charge in [-0.25, -0.2) is 0 Å². The number of aliphatic hydroxyl groups is 1. The van der Waals surface area contributed by atoms with Crippen LogP contribution in [-0.2, 0) is 11.3 Å². The summed E-state index contributed by atoms with van der Waals surface area (Å²) < 4.78 is 5.86. The first-order valence-electron chi connectivity index (χ1n) is 8.81. The van der Waals surface area contributed by atoms with Crippen LogP contribution in [0.1, 0.15) is 31.7 Å². The maximum Gasteiger partial charge on any atom is 0.0794 e. The number of hydrogen-bond donors (Lipinski definition) is 2. The molecule has 130 valence electrons. The van der Waals surface area contributed by atoms with Crippen molar-refractivity contribution >= 4 is 11.3 Å². The fourth-order valence-corrected chi connectivity index (χ4v) is 5.01. The van der Waals surface area contributed by atoms with Crippen molar-refractivity contribution in [2.75, 3.05) is 19.7 Å². The van der Waals surface area contributed by atoms with E-state index in [1.807, 2.05) is 13.1 Å². The number of aromatic nitrogens is 2. The molecule has 24 heavy (non-hydrogen) atoms. The van der Waals surface area contributed by atoms with Gasteiger partial charge >= 0.3 is 0 Å². The zero-order valence-corrected chi connectivity index (χ0v) is 14.9. The van der Waals surface area contributed by atoms with Crippen LogP contribution in [0.2, 0.25) is 0 Å². The van der Waals surface area contributed by atoms with E-state index in [-0.39, 0.29) is 17.6 Å². The van der Waals surface area contributed by atoms with E-state index in [1.54, 1.807) is 11.3 Å². The number of aliphatic hydroxyl groups excluding tert-OH is 1. The van der Waals surface area contributed by atoms with Gasteiger partial charge in [-0.15, -0.1) is 11.3 Å². The molecule has 2 N–H and O–H groups in total. The molecule has 0 bridgehead atoms. The van der Waals surface area contributed by atoms with Gasteiger partial charge in [0.2, 0.25) is 0 Å². The van der Waals surface area contributed by atoms with Crippen LogP contribution in [0.3, 0.4) is 0 Å². The molecule has 4 rings (SSSR count). The van der Waals surface area contributed by atoms with E-state index in [1.165, 1.54) is 10.4 Å². The number of likely N-dealkylation sites (tertiary alicyclic amines) is 1. The number of nitrogens with zero attached hydrogens (tertiary/aromatic N) is 2. The van der Waals surface area contributed by atoms with E-state index < -0.39 is 0 Å². The maximum atomic E-state index is 10.3. The lowest BCUT2D eigenvalue weighted by Gasteiger charge is -2.56. The van der Waals surface area contributed by atoms with Gasteiger partial charge in [-0.2, -0.15) is 5.10 Å². The van der Waals surface area contributed by atoms with Gasteiger partial charge in [0.25, 0.3) is 0 Å². The molecule has 1 saturated heterocycles. The second kappa shape index (κ2) is 6.59. The van der Waals surface area contributed by atoms with Crippen molar-refractivity contribution in [3.05, 3.63) is 29.3 Å². The molecule has 2 fully saturated rings. The summed E-state index contributed by atoms with van der Waals surface area (Å²) in [6.45, 7) is 5.71. The third kappa shape index (κ3) is 2.71. The lowest BCUT2D eigenvalue weighted by Crippen LogP contribution is -2.62. The Hall–Kier alpha value is -1.21. The van der Waals surface area contributed by atoms with E-state index in [9.17, 15) is 5.11 Å². The van der Waals surface area contributed by atoms with E-state index in [0.29, 0.717) is 0 Å². The van der Waals surface area contributed by atoms with Gasteiger partial charge in [0.05, 0.1) is 29.0 Å². The molecule has 5 nitrogen and oxygen atoms in total. The second-order valence-electron chi connectivity index (χ2n) is 6.95. The second-order valence-corrected chi connectivity index (χ2v) is 7.90. The van der Waals surface area contributed by atoms with Crippen molar-refractivity contribution in [3.63, 3.8) is 0 Å². The maximum absolute atomic E-state index is 10.3. The van der Waals surface area contributed by atoms with Crippen LogP contribution >= 0.6 is 11.3 Å². The van der Waals surface area contributed by atoms with Gasteiger partial charge in [0, 0.05) is 30.6 Å². The van der Waals surface area contributed by atoms with Crippen molar-refractivity contribution in [1.29, 1.82) is 0 Å². The molecular formula is C18H25N3O2S. The third-order valence-corrected chi connectivity index (χ3v) is 6.66. The molecule has 2 unspecified atom stereocenters. The van der Waals surface area contributed by atoms with Gasteiger partial charge in [0.15, 0.2) is 0 Å². The zero-order valence-electron chi connectivity index (χ0n) is 14.1. The number of aromatic amines is 1. The summed E-state index contributed by atoms with van der Waals surface area (Å²) in [5, 5.41) is 19.8. The molecule has 2 aromatic heterocycles. The molecule has 2 atom stereocenters. The molecule has 6 heteroatoms. The van der Waals surface area contributed by atoms with Gasteiger partial charge < -0.3 is 9.84 Å². The quantitative estimate of drug-likeness (QED) is 0.873. The smallest absolute Gasteiger partial charge is 0.0794 e. The van der Waals surface area contributed by atoms with Crippen LogP contribution in [0.5, 0.6) is 0 Å². The number of thiophene rings is 1. The highest BCUT2D eigenvalue weighted by Crippen LogP contribution is 2.51. The minimum atomic E-state index is -0.188. The highest BCUT2D eigenvalue weighted by molar-refractivity contribution is 7.13. The molecular weight excluding hydrogens is 322 g/mol. The topological polar surface area (TPSA) is 61.4 Å². The van der Waals surface area contributed by atoms with Gasteiger partial charge in [-0.1, -0.05) is 6.07 Å². The molecule has 1 spiro atoms. The Morgan fingerprint density at radius 2 is 2.29 bits per heavy atom. The van der Waals surface area contributed by atoms with Gasteiger partial charge in [0.1, 0.15) is 0 Å². The predicted molar refractivity (Wildman–Crippen MR) is 94.9 cm³/mol.